The van der Waals surface area contributed by atoms with E-state index in [2.05, 4.69) is 0 Å². The van der Waals surface area contributed by atoms with E-state index >= 15 is 0 Å². The molecular weight excluding hydrogens is 188 g/mol. The highest BCUT2D eigenvalue weighted by molar-refractivity contribution is 5.63. The lowest BCUT2D eigenvalue weighted by molar-refractivity contribution is -0.110. The lowest BCUT2D eigenvalue weighted by Crippen LogP contribution is -2.10. The van der Waals surface area contributed by atoms with Crippen molar-refractivity contribution in [2.45, 2.75) is 31.6 Å². The van der Waals surface area contributed by atoms with Crippen LogP contribution in [0.5, 0.6) is 5.75 Å². The molecule has 0 saturated heterocycles. The first kappa shape index (κ1) is 10.2. The predicted octanol–water partition coefficient (Wildman–Crippen LogP) is 2.86. The van der Waals surface area contributed by atoms with E-state index in [1.165, 1.54) is 12.8 Å². The molecule has 2 rings (SSSR count). The molecule has 1 aliphatic rings. The minimum absolute atomic E-state index is 0.0281. The Balaban J connectivity index is 2.21. The second kappa shape index (κ2) is 4.47. The van der Waals surface area contributed by atoms with Crippen LogP contribution in [-0.2, 0) is 4.79 Å². The summed E-state index contributed by atoms with van der Waals surface area (Å²) >= 11 is 0. The SMILES string of the molecule is O=CC(c1cccc(O)c1)C1CCCC1. The highest BCUT2D eigenvalue weighted by Gasteiger charge is 2.25. The number of hydrogen-bond acceptors (Lipinski definition) is 2. The second-order valence-corrected chi connectivity index (χ2v) is 4.30. The van der Waals surface area contributed by atoms with Gasteiger partial charge in [-0.15, -0.1) is 0 Å². The molecule has 0 spiro atoms. The number of hydrogen-bond donors (Lipinski definition) is 1. The number of aromatic hydroxyl groups is 1. The lowest BCUT2D eigenvalue weighted by atomic mass is 9.86. The van der Waals surface area contributed by atoms with Crippen LogP contribution in [0.3, 0.4) is 0 Å². The van der Waals surface area contributed by atoms with Crippen LogP contribution >= 0.6 is 0 Å². The summed E-state index contributed by atoms with van der Waals surface area (Å²) in [5, 5.41) is 9.38. The lowest BCUT2D eigenvalue weighted by Gasteiger charge is -2.17. The van der Waals surface area contributed by atoms with Gasteiger partial charge in [0.1, 0.15) is 12.0 Å². The zero-order valence-electron chi connectivity index (χ0n) is 8.73. The fourth-order valence-corrected chi connectivity index (χ4v) is 2.51. The summed E-state index contributed by atoms with van der Waals surface area (Å²) in [7, 11) is 0. The van der Waals surface area contributed by atoms with Crippen LogP contribution in [0.15, 0.2) is 24.3 Å². The van der Waals surface area contributed by atoms with Crippen LogP contribution in [0, 0.1) is 5.92 Å². The van der Waals surface area contributed by atoms with Crippen molar-refractivity contribution in [3.63, 3.8) is 0 Å². The first-order valence-corrected chi connectivity index (χ1v) is 5.55. The molecule has 15 heavy (non-hydrogen) atoms. The number of phenolic OH excluding ortho intramolecular Hbond substituents is 1. The number of phenols is 1. The van der Waals surface area contributed by atoms with Crippen molar-refractivity contribution in [1.82, 2.24) is 0 Å². The molecule has 1 aromatic rings. The molecule has 1 aliphatic carbocycles. The highest BCUT2D eigenvalue weighted by atomic mass is 16.3. The number of carbonyl (C=O) groups excluding carboxylic acids is 1. The molecule has 1 aromatic carbocycles. The molecule has 80 valence electrons. The van der Waals surface area contributed by atoms with Gasteiger partial charge in [-0.1, -0.05) is 25.0 Å². The van der Waals surface area contributed by atoms with Gasteiger partial charge in [0, 0.05) is 5.92 Å². The Kier molecular flexibility index (Phi) is 3.05. The van der Waals surface area contributed by atoms with Crippen LogP contribution in [-0.4, -0.2) is 11.4 Å². The number of carbonyl (C=O) groups is 1. The van der Waals surface area contributed by atoms with Gasteiger partial charge in [-0.25, -0.2) is 0 Å². The Morgan fingerprint density at radius 3 is 2.67 bits per heavy atom. The largest absolute Gasteiger partial charge is 0.508 e. The molecule has 0 aromatic heterocycles. The zero-order valence-corrected chi connectivity index (χ0v) is 8.73. The average molecular weight is 204 g/mol. The number of rotatable bonds is 3. The van der Waals surface area contributed by atoms with Crippen molar-refractivity contribution < 1.29 is 9.90 Å². The van der Waals surface area contributed by atoms with Crippen LogP contribution in [0.4, 0.5) is 0 Å². The Hall–Kier alpha value is -1.31. The van der Waals surface area contributed by atoms with Gasteiger partial charge in [0.2, 0.25) is 0 Å². The smallest absolute Gasteiger partial charge is 0.127 e. The highest BCUT2D eigenvalue weighted by Crippen LogP contribution is 2.36. The maximum absolute atomic E-state index is 11.1. The third kappa shape index (κ3) is 2.20. The van der Waals surface area contributed by atoms with Crippen molar-refractivity contribution in [3.05, 3.63) is 29.8 Å². The van der Waals surface area contributed by atoms with Crippen molar-refractivity contribution in [3.8, 4) is 5.75 Å². The maximum atomic E-state index is 11.1. The quantitative estimate of drug-likeness (QED) is 0.769. The van der Waals surface area contributed by atoms with Gasteiger partial charge < -0.3 is 9.90 Å². The summed E-state index contributed by atoms with van der Waals surface area (Å²) in [5.41, 5.74) is 0.955. The fourth-order valence-electron chi connectivity index (χ4n) is 2.51. The minimum atomic E-state index is -0.0281. The number of benzene rings is 1. The standard InChI is InChI=1S/C13H16O2/c14-9-13(10-4-1-2-5-10)11-6-3-7-12(15)8-11/h3,6-10,13,15H,1-2,4-5H2. The van der Waals surface area contributed by atoms with Gasteiger partial charge >= 0.3 is 0 Å². The summed E-state index contributed by atoms with van der Waals surface area (Å²) in [5.74, 6) is 0.696. The summed E-state index contributed by atoms with van der Waals surface area (Å²) in [4.78, 5) is 11.1. The Labute approximate surface area is 89.9 Å². The molecule has 1 N–H and O–H groups in total. The summed E-state index contributed by atoms with van der Waals surface area (Å²) in [6.45, 7) is 0. The van der Waals surface area contributed by atoms with E-state index in [1.807, 2.05) is 6.07 Å². The topological polar surface area (TPSA) is 37.3 Å². The Morgan fingerprint density at radius 2 is 2.07 bits per heavy atom. The first-order chi connectivity index (χ1) is 7.31. The molecule has 1 atom stereocenters. The molecule has 0 bridgehead atoms. The van der Waals surface area contributed by atoms with Crippen LogP contribution in [0.2, 0.25) is 0 Å². The van der Waals surface area contributed by atoms with E-state index in [9.17, 15) is 9.90 Å². The van der Waals surface area contributed by atoms with Gasteiger partial charge in [0.05, 0.1) is 0 Å². The van der Waals surface area contributed by atoms with Crippen molar-refractivity contribution >= 4 is 6.29 Å². The van der Waals surface area contributed by atoms with Crippen molar-refractivity contribution in [2.75, 3.05) is 0 Å². The Bertz CT molecular complexity index is 340. The van der Waals surface area contributed by atoms with E-state index in [1.54, 1.807) is 18.2 Å². The van der Waals surface area contributed by atoms with Gasteiger partial charge in [-0.3, -0.25) is 0 Å². The zero-order chi connectivity index (χ0) is 10.7. The molecule has 0 radical (unpaired) electrons. The van der Waals surface area contributed by atoms with Gasteiger partial charge in [0.15, 0.2) is 0 Å². The van der Waals surface area contributed by atoms with Gasteiger partial charge in [-0.2, -0.15) is 0 Å². The van der Waals surface area contributed by atoms with E-state index in [4.69, 9.17) is 0 Å². The molecule has 1 saturated carbocycles. The van der Waals surface area contributed by atoms with Crippen LogP contribution in [0.1, 0.15) is 37.2 Å². The maximum Gasteiger partial charge on any atom is 0.127 e. The first-order valence-electron chi connectivity index (χ1n) is 5.55. The number of aldehydes is 1. The summed E-state index contributed by atoms with van der Waals surface area (Å²) in [6, 6.07) is 7.07. The minimum Gasteiger partial charge on any atom is -0.508 e. The third-order valence-corrected chi connectivity index (χ3v) is 3.31. The van der Waals surface area contributed by atoms with Gasteiger partial charge in [0.25, 0.3) is 0 Å². The summed E-state index contributed by atoms with van der Waals surface area (Å²) < 4.78 is 0. The Morgan fingerprint density at radius 1 is 1.33 bits per heavy atom. The molecule has 0 amide bonds. The molecule has 0 aliphatic heterocycles. The average Bonchev–Trinajstić information content (AvgIpc) is 2.72. The second-order valence-electron chi connectivity index (χ2n) is 4.30. The van der Waals surface area contributed by atoms with Crippen molar-refractivity contribution in [1.29, 1.82) is 0 Å². The third-order valence-electron chi connectivity index (χ3n) is 3.31. The molecular formula is C13H16O2. The molecule has 0 heterocycles. The van der Waals surface area contributed by atoms with Crippen molar-refractivity contribution in [2.24, 2.45) is 5.92 Å². The molecule has 1 fully saturated rings. The summed E-state index contributed by atoms with van der Waals surface area (Å²) in [6.07, 6.45) is 5.77. The molecule has 1 unspecified atom stereocenters. The van der Waals surface area contributed by atoms with Crippen LogP contribution in [0.25, 0.3) is 0 Å². The molecule has 2 heteroatoms. The van der Waals surface area contributed by atoms with E-state index in [0.717, 1.165) is 24.7 Å². The fraction of sp³-hybridized carbons (Fsp3) is 0.462. The van der Waals surface area contributed by atoms with Crippen LogP contribution < -0.4 is 0 Å². The van der Waals surface area contributed by atoms with Gasteiger partial charge in [-0.05, 0) is 36.5 Å². The predicted molar refractivity (Wildman–Crippen MR) is 58.9 cm³/mol. The van der Waals surface area contributed by atoms with E-state index in [0.29, 0.717) is 5.92 Å². The van der Waals surface area contributed by atoms with E-state index in [-0.39, 0.29) is 11.7 Å². The monoisotopic (exact) mass is 204 g/mol. The normalized spacial score (nSPS) is 18.9. The van der Waals surface area contributed by atoms with E-state index < -0.39 is 0 Å². The molecule has 2 nitrogen and oxygen atoms in total.